The van der Waals surface area contributed by atoms with Gasteiger partial charge in [0.2, 0.25) is 5.91 Å². The van der Waals surface area contributed by atoms with Crippen molar-refractivity contribution < 1.29 is 19.0 Å². The number of hydrogen-bond acceptors (Lipinski definition) is 5. The third kappa shape index (κ3) is 6.35. The number of halogens is 2. The van der Waals surface area contributed by atoms with E-state index in [1.54, 1.807) is 17.8 Å². The highest BCUT2D eigenvalue weighted by Gasteiger charge is 2.29. The number of hydrogen-bond donors (Lipinski definition) is 2. The third-order valence-electron chi connectivity index (χ3n) is 3.49. The molecule has 0 aromatic heterocycles. The second-order valence-corrected chi connectivity index (χ2v) is 12.4. The van der Waals surface area contributed by atoms with Crippen LogP contribution in [-0.4, -0.2) is 39.9 Å². The van der Waals surface area contributed by atoms with Crippen LogP contribution in [0, 0.1) is 0 Å². The summed E-state index contributed by atoms with van der Waals surface area (Å²) < 4.78 is 18.3. The fraction of sp³-hybridized carbons (Fsp3) is 0.533. The van der Waals surface area contributed by atoms with Crippen LogP contribution in [0.3, 0.4) is 0 Å². The van der Waals surface area contributed by atoms with Crippen molar-refractivity contribution in [2.75, 3.05) is 12.3 Å². The number of rotatable bonds is 6. The van der Waals surface area contributed by atoms with Gasteiger partial charge in [0.05, 0.1) is 33.8 Å². The molecule has 1 aliphatic rings. The molecule has 1 amide bonds. The summed E-state index contributed by atoms with van der Waals surface area (Å²) in [4.78, 5) is 22.2. The number of nitrogens with one attached hydrogen (secondary N) is 1. The fourth-order valence-electron chi connectivity index (χ4n) is 2.44. The van der Waals surface area contributed by atoms with Gasteiger partial charge < -0.3 is 14.9 Å². The summed E-state index contributed by atoms with van der Waals surface area (Å²) in [5.74, 6) is -0.504. The maximum atomic E-state index is 12.5. The summed E-state index contributed by atoms with van der Waals surface area (Å²) in [5, 5.41) is 3.42. The van der Waals surface area contributed by atoms with Crippen LogP contribution in [-0.2, 0) is 14.1 Å². The van der Waals surface area contributed by atoms with Crippen molar-refractivity contribution >= 4 is 64.1 Å². The number of thioether (sulfide) groups is 1. The molecule has 1 heterocycles. The van der Waals surface area contributed by atoms with Crippen LogP contribution in [0.25, 0.3) is 0 Å². The molecule has 5 nitrogen and oxygen atoms in total. The Bertz CT molecular complexity index is 649. The Kier molecular flexibility index (Phi) is 8.02. The van der Waals surface area contributed by atoms with Gasteiger partial charge in [-0.3, -0.25) is 9.36 Å². The van der Waals surface area contributed by atoms with Crippen molar-refractivity contribution in [3.05, 3.63) is 28.2 Å². The van der Waals surface area contributed by atoms with E-state index in [0.29, 0.717) is 23.2 Å². The maximum absolute atomic E-state index is 12.5. The highest BCUT2D eigenvalue weighted by molar-refractivity contribution is 8.58. The molecule has 140 valence electrons. The monoisotopic (exact) mass is 443 g/mol. The zero-order valence-electron chi connectivity index (χ0n) is 13.8. The minimum Gasteiger partial charge on any atom is -0.363 e. The molecular formula is C15H20Cl2NO4PS2. The molecule has 25 heavy (non-hydrogen) atoms. The summed E-state index contributed by atoms with van der Waals surface area (Å²) in [7, 11) is 0. The van der Waals surface area contributed by atoms with E-state index < -0.39 is 6.57 Å². The molecule has 1 aliphatic heterocycles. The molecule has 0 saturated carbocycles. The molecule has 0 bridgehead atoms. The number of amides is 1. The molecule has 1 fully saturated rings. The van der Waals surface area contributed by atoms with Gasteiger partial charge in [-0.25, -0.2) is 0 Å². The number of carbonyl (C=O) groups is 1. The first kappa shape index (κ1) is 21.4. The first-order valence-electron chi connectivity index (χ1n) is 7.68. The zero-order chi connectivity index (χ0) is 18.6. The molecule has 0 aliphatic carbocycles. The molecule has 0 spiro atoms. The molecular weight excluding hydrogens is 424 g/mol. The Balaban J connectivity index is 1.86. The average Bonchev–Trinajstić information content (AvgIpc) is 2.50. The van der Waals surface area contributed by atoms with Crippen LogP contribution in [0.15, 0.2) is 18.2 Å². The van der Waals surface area contributed by atoms with Crippen molar-refractivity contribution in [1.29, 1.82) is 0 Å². The molecule has 1 saturated heterocycles. The molecule has 4 atom stereocenters. The van der Waals surface area contributed by atoms with Gasteiger partial charge in [-0.15, -0.1) is 11.8 Å². The predicted octanol–water partition coefficient (Wildman–Crippen LogP) is 3.91. The van der Waals surface area contributed by atoms with Gasteiger partial charge >= 0.3 is 0 Å². The van der Waals surface area contributed by atoms with Gasteiger partial charge in [0.1, 0.15) is 5.44 Å². The minimum absolute atomic E-state index is 0.0232. The van der Waals surface area contributed by atoms with Crippen molar-refractivity contribution in [1.82, 2.24) is 5.32 Å². The van der Waals surface area contributed by atoms with Gasteiger partial charge in [-0.2, -0.15) is 0 Å². The average molecular weight is 444 g/mol. The second-order valence-electron chi connectivity index (χ2n) is 5.73. The van der Waals surface area contributed by atoms with E-state index in [9.17, 15) is 14.3 Å². The zero-order valence-corrected chi connectivity index (χ0v) is 17.8. The maximum Gasteiger partial charge on any atom is 0.288 e. The van der Waals surface area contributed by atoms with E-state index in [2.05, 4.69) is 12.2 Å². The fourth-order valence-corrected chi connectivity index (χ4v) is 8.23. The summed E-state index contributed by atoms with van der Waals surface area (Å²) >= 11 is 14.3. The largest absolute Gasteiger partial charge is 0.363 e. The lowest BCUT2D eigenvalue weighted by Gasteiger charge is -2.31. The van der Waals surface area contributed by atoms with E-state index in [4.69, 9.17) is 27.9 Å². The normalized spacial score (nSPS) is 26.0. The van der Waals surface area contributed by atoms with Crippen LogP contribution in [0.5, 0.6) is 0 Å². The Morgan fingerprint density at radius 3 is 2.68 bits per heavy atom. The lowest BCUT2D eigenvalue weighted by Crippen LogP contribution is -2.38. The molecule has 1 aromatic rings. The van der Waals surface area contributed by atoms with Crippen molar-refractivity contribution in [3.63, 3.8) is 0 Å². The van der Waals surface area contributed by atoms with E-state index in [1.165, 1.54) is 12.1 Å². The molecule has 2 N–H and O–H groups in total. The van der Waals surface area contributed by atoms with Crippen LogP contribution in [0.1, 0.15) is 20.3 Å². The molecule has 0 radical (unpaired) electrons. The first-order chi connectivity index (χ1) is 11.7. The Labute approximate surface area is 165 Å². The van der Waals surface area contributed by atoms with Crippen LogP contribution in [0.4, 0.5) is 0 Å². The Morgan fingerprint density at radius 1 is 1.44 bits per heavy atom. The lowest BCUT2D eigenvalue weighted by atomic mass is 10.2. The number of carbonyl (C=O) groups excluding carboxylic acids is 1. The molecule has 10 heteroatoms. The lowest BCUT2D eigenvalue weighted by molar-refractivity contribution is -0.119. The summed E-state index contributed by atoms with van der Waals surface area (Å²) in [5.41, 5.74) is -0.105. The number of ether oxygens (including phenoxy) is 1. The SMILES string of the molecule is CC1CC(C)SC(CNC(=O)CSP(=O)(O)c2c(Cl)cccc2Cl)O1. The van der Waals surface area contributed by atoms with Gasteiger partial charge in [0.25, 0.3) is 6.57 Å². The van der Waals surface area contributed by atoms with Gasteiger partial charge in [0, 0.05) is 5.25 Å². The van der Waals surface area contributed by atoms with Gasteiger partial charge in [-0.1, -0.05) is 47.6 Å². The van der Waals surface area contributed by atoms with E-state index >= 15 is 0 Å². The predicted molar refractivity (Wildman–Crippen MR) is 107 cm³/mol. The van der Waals surface area contributed by atoms with Crippen LogP contribution in [0.2, 0.25) is 10.0 Å². The standard InChI is InChI=1S/C15H20Cl2NO4PS2/c1-9-6-10(2)25-14(22-9)7-18-13(19)8-24-23(20,21)15-11(16)4-3-5-12(15)17/h3-5,9-10,14H,6-8H2,1-2H3,(H,18,19)(H,20,21). The molecule has 1 aromatic carbocycles. The van der Waals surface area contributed by atoms with E-state index in [0.717, 1.165) is 6.42 Å². The van der Waals surface area contributed by atoms with E-state index in [-0.39, 0.29) is 38.5 Å². The van der Waals surface area contributed by atoms with Gasteiger partial charge in [0.15, 0.2) is 0 Å². The second kappa shape index (κ2) is 9.36. The third-order valence-corrected chi connectivity index (χ3v) is 9.39. The van der Waals surface area contributed by atoms with Crippen molar-refractivity contribution in [3.8, 4) is 0 Å². The smallest absolute Gasteiger partial charge is 0.288 e. The summed E-state index contributed by atoms with van der Waals surface area (Å²) in [6.07, 6.45) is 1.14. The summed E-state index contributed by atoms with van der Waals surface area (Å²) in [6, 6.07) is 4.58. The molecule has 4 unspecified atom stereocenters. The van der Waals surface area contributed by atoms with E-state index in [1.807, 2.05) is 6.92 Å². The van der Waals surface area contributed by atoms with Crippen molar-refractivity contribution in [2.24, 2.45) is 0 Å². The number of benzene rings is 1. The van der Waals surface area contributed by atoms with Crippen LogP contribution >= 0.6 is 52.9 Å². The first-order valence-corrected chi connectivity index (χ1v) is 12.6. The van der Waals surface area contributed by atoms with Crippen molar-refractivity contribution in [2.45, 2.75) is 37.1 Å². The highest BCUT2D eigenvalue weighted by atomic mass is 35.5. The minimum atomic E-state index is -3.89. The quantitative estimate of drug-likeness (QED) is 0.649. The highest BCUT2D eigenvalue weighted by Crippen LogP contribution is 2.56. The topological polar surface area (TPSA) is 75.6 Å². The Hall–Kier alpha value is 0.120. The van der Waals surface area contributed by atoms with Gasteiger partial charge in [-0.05, 0) is 25.5 Å². The molecule has 2 rings (SSSR count). The Morgan fingerprint density at radius 2 is 2.08 bits per heavy atom. The van der Waals surface area contributed by atoms with Crippen LogP contribution < -0.4 is 10.6 Å². The summed E-state index contributed by atoms with van der Waals surface area (Å²) in [6.45, 7) is 0.607.